The fraction of sp³-hybridized carbons (Fsp3) is 0. The topological polar surface area (TPSA) is 70.1 Å². The summed E-state index contributed by atoms with van der Waals surface area (Å²) in [5, 5.41) is 19.9. The van der Waals surface area contributed by atoms with Crippen LogP contribution in [0.2, 0.25) is 0 Å². The van der Waals surface area contributed by atoms with Crippen molar-refractivity contribution >= 4 is 49.4 Å². The lowest BCUT2D eigenvalue weighted by atomic mass is 10.1. The van der Waals surface area contributed by atoms with Gasteiger partial charge in [0.05, 0.1) is 15.9 Å². The fourth-order valence-corrected chi connectivity index (χ4v) is 3.80. The lowest BCUT2D eigenvalue weighted by Crippen LogP contribution is -1.85. The number of aromatic hydroxyl groups is 2. The minimum atomic E-state index is -0.0687. The van der Waals surface area contributed by atoms with E-state index in [0.717, 1.165) is 22.6 Å². The lowest BCUT2D eigenvalue weighted by molar-refractivity contribution is 0.442. The van der Waals surface area contributed by atoms with Crippen LogP contribution in [-0.4, -0.2) is 25.8 Å². The van der Waals surface area contributed by atoms with Crippen molar-refractivity contribution in [3.05, 3.63) is 75.4 Å². The predicted octanol–water partition coefficient (Wildman–Crippen LogP) is 5.69. The molecule has 4 aromatic rings. The van der Waals surface area contributed by atoms with Crippen molar-refractivity contribution in [2.24, 2.45) is 4.99 Å². The van der Waals surface area contributed by atoms with Crippen LogP contribution < -0.4 is 0 Å². The Hall–Kier alpha value is -2.64. The molecule has 0 spiro atoms. The molecule has 0 bridgehead atoms. The maximum Gasteiger partial charge on any atom is 0.147 e. The van der Waals surface area contributed by atoms with Gasteiger partial charge in [-0.15, -0.1) is 0 Å². The molecule has 0 aliphatic carbocycles. The molecule has 5 nitrogen and oxygen atoms in total. The Kier molecular flexibility index (Phi) is 4.72. The quantitative estimate of drug-likeness (QED) is 0.365. The third kappa shape index (κ3) is 3.48. The van der Waals surface area contributed by atoms with E-state index in [0.29, 0.717) is 10.0 Å². The maximum absolute atomic E-state index is 10.1. The number of phenolic OH excluding ortho intramolecular Hbond substituents is 2. The fourth-order valence-electron chi connectivity index (χ4n) is 2.65. The normalized spacial score (nSPS) is 11.5. The number of halogens is 2. The van der Waals surface area contributed by atoms with Gasteiger partial charge in [-0.25, -0.2) is 4.98 Å². The van der Waals surface area contributed by atoms with Crippen LogP contribution in [0.4, 0.5) is 5.69 Å². The Morgan fingerprint density at radius 3 is 2.52 bits per heavy atom. The monoisotopic (exact) mass is 485 g/mol. The zero-order chi connectivity index (χ0) is 19.0. The first-order valence-corrected chi connectivity index (χ1v) is 9.59. The summed E-state index contributed by atoms with van der Waals surface area (Å²) in [7, 11) is 0. The van der Waals surface area contributed by atoms with Crippen molar-refractivity contribution in [2.45, 2.75) is 0 Å². The summed E-state index contributed by atoms with van der Waals surface area (Å²) in [6, 6.07) is 15.2. The van der Waals surface area contributed by atoms with Gasteiger partial charge in [-0.2, -0.15) is 0 Å². The number of pyridine rings is 1. The molecule has 4 rings (SSSR count). The molecular weight excluding hydrogens is 474 g/mol. The van der Waals surface area contributed by atoms with Gasteiger partial charge in [0.15, 0.2) is 0 Å². The highest BCUT2D eigenvalue weighted by molar-refractivity contribution is 9.11. The second-order valence-corrected chi connectivity index (χ2v) is 7.50. The number of benzene rings is 2. The van der Waals surface area contributed by atoms with Gasteiger partial charge in [-0.05, 0) is 62.2 Å². The second-order valence-electron chi connectivity index (χ2n) is 5.86. The number of aromatic nitrogens is 2. The zero-order valence-corrected chi connectivity index (χ0v) is 17.0. The van der Waals surface area contributed by atoms with Crippen molar-refractivity contribution in [3.8, 4) is 22.8 Å². The van der Waals surface area contributed by atoms with Crippen LogP contribution >= 0.6 is 31.9 Å². The third-order valence-corrected chi connectivity index (χ3v) is 5.43. The molecule has 0 atom stereocenters. The molecule has 0 aliphatic rings. The van der Waals surface area contributed by atoms with Crippen molar-refractivity contribution in [2.75, 3.05) is 0 Å². The molecule has 0 saturated heterocycles. The molecule has 0 unspecified atom stereocenters. The molecule has 2 aromatic heterocycles. The van der Waals surface area contributed by atoms with Crippen LogP contribution in [0.15, 0.2) is 74.9 Å². The Morgan fingerprint density at radius 2 is 1.78 bits per heavy atom. The summed E-state index contributed by atoms with van der Waals surface area (Å²) in [5.74, 6) is -0.123. The Balaban J connectivity index is 1.60. The molecular formula is C20H13Br2N3O2. The van der Waals surface area contributed by atoms with Gasteiger partial charge in [-0.3, -0.25) is 4.99 Å². The Labute approximate surface area is 171 Å². The summed E-state index contributed by atoms with van der Waals surface area (Å²) in [6.45, 7) is 0. The van der Waals surface area contributed by atoms with E-state index in [-0.39, 0.29) is 16.0 Å². The molecule has 27 heavy (non-hydrogen) atoms. The van der Waals surface area contributed by atoms with E-state index in [1.165, 1.54) is 0 Å². The van der Waals surface area contributed by atoms with E-state index in [1.54, 1.807) is 12.3 Å². The first-order valence-electron chi connectivity index (χ1n) is 8.01. The van der Waals surface area contributed by atoms with E-state index in [2.05, 4.69) is 41.8 Å². The average molecular weight is 487 g/mol. The van der Waals surface area contributed by atoms with Crippen LogP contribution in [0, 0.1) is 0 Å². The molecule has 0 aliphatic heterocycles. The largest absolute Gasteiger partial charge is 0.506 e. The van der Waals surface area contributed by atoms with Gasteiger partial charge in [-0.1, -0.05) is 18.2 Å². The van der Waals surface area contributed by atoms with E-state index >= 15 is 0 Å². The molecule has 0 amide bonds. The summed E-state index contributed by atoms with van der Waals surface area (Å²) in [4.78, 5) is 9.00. The highest BCUT2D eigenvalue weighted by atomic mass is 79.9. The molecule has 134 valence electrons. The number of phenols is 2. The molecule has 0 saturated carbocycles. The zero-order valence-electron chi connectivity index (χ0n) is 13.8. The van der Waals surface area contributed by atoms with Gasteiger partial charge < -0.3 is 14.6 Å². The highest BCUT2D eigenvalue weighted by Gasteiger charge is 2.12. The number of hydrogen-bond acceptors (Lipinski definition) is 4. The Bertz CT molecular complexity index is 1140. The summed E-state index contributed by atoms with van der Waals surface area (Å²) < 4.78 is 2.67. The van der Waals surface area contributed by atoms with Crippen LogP contribution in [0.25, 0.3) is 16.9 Å². The van der Waals surface area contributed by atoms with Crippen molar-refractivity contribution in [1.82, 2.24) is 9.38 Å². The van der Waals surface area contributed by atoms with Crippen LogP contribution in [0.5, 0.6) is 11.5 Å². The van der Waals surface area contributed by atoms with Crippen molar-refractivity contribution in [1.29, 1.82) is 0 Å². The van der Waals surface area contributed by atoms with Gasteiger partial charge in [0.1, 0.15) is 21.6 Å². The maximum atomic E-state index is 10.1. The van der Waals surface area contributed by atoms with Gasteiger partial charge in [0, 0.05) is 29.7 Å². The Morgan fingerprint density at radius 1 is 1.00 bits per heavy atom. The number of imidazole rings is 1. The number of aliphatic imine (C=N–C) groups is 1. The van der Waals surface area contributed by atoms with Crippen LogP contribution in [0.1, 0.15) is 5.56 Å². The summed E-state index contributed by atoms with van der Waals surface area (Å²) in [6.07, 6.45) is 5.49. The number of fused-ring (bicyclic) bond motifs is 1. The van der Waals surface area contributed by atoms with Gasteiger partial charge in [0.25, 0.3) is 0 Å². The minimum absolute atomic E-state index is 0.0542. The van der Waals surface area contributed by atoms with E-state index in [9.17, 15) is 10.2 Å². The van der Waals surface area contributed by atoms with Crippen molar-refractivity contribution in [3.63, 3.8) is 0 Å². The molecule has 2 aromatic carbocycles. The third-order valence-electron chi connectivity index (χ3n) is 4.08. The molecule has 7 heteroatoms. The smallest absolute Gasteiger partial charge is 0.147 e. The average Bonchev–Trinajstić information content (AvgIpc) is 3.13. The molecule has 2 heterocycles. The van der Waals surface area contributed by atoms with E-state index < -0.39 is 0 Å². The first-order chi connectivity index (χ1) is 13.0. The number of nitrogens with zero attached hydrogens (tertiary/aromatic N) is 3. The standard InChI is InChI=1S/C20H13Br2N3O2/c21-15-9-13(19(26)18(22)20(15)27)10-23-14-6-4-12(5-7-14)16-11-25-8-2-1-3-17(25)24-16/h1-11,26-27H. The minimum Gasteiger partial charge on any atom is -0.506 e. The number of hydrogen-bond donors (Lipinski definition) is 2. The molecule has 0 radical (unpaired) electrons. The van der Waals surface area contributed by atoms with Gasteiger partial charge in [0.2, 0.25) is 0 Å². The second kappa shape index (κ2) is 7.17. The highest BCUT2D eigenvalue weighted by Crippen LogP contribution is 2.40. The molecule has 0 fully saturated rings. The van der Waals surface area contributed by atoms with Gasteiger partial charge >= 0.3 is 0 Å². The van der Waals surface area contributed by atoms with Crippen LogP contribution in [-0.2, 0) is 0 Å². The van der Waals surface area contributed by atoms with Crippen LogP contribution in [0.3, 0.4) is 0 Å². The van der Waals surface area contributed by atoms with E-state index in [4.69, 9.17) is 0 Å². The first kappa shape index (κ1) is 17.8. The van der Waals surface area contributed by atoms with E-state index in [1.807, 2.05) is 59.3 Å². The van der Waals surface area contributed by atoms with Crippen molar-refractivity contribution < 1.29 is 10.2 Å². The number of rotatable bonds is 3. The summed E-state index contributed by atoms with van der Waals surface area (Å²) in [5.41, 5.74) is 4.00. The lowest BCUT2D eigenvalue weighted by Gasteiger charge is -2.06. The molecule has 2 N–H and O–H groups in total. The summed E-state index contributed by atoms with van der Waals surface area (Å²) >= 11 is 6.40. The SMILES string of the molecule is Oc1c(Br)cc(C=Nc2ccc(-c3cn4ccccc4n3)cc2)c(O)c1Br. The predicted molar refractivity (Wildman–Crippen MR) is 113 cm³/mol.